The Balaban J connectivity index is 1.81. The van der Waals surface area contributed by atoms with Crippen molar-refractivity contribution in [3.63, 3.8) is 0 Å². The highest BCUT2D eigenvalue weighted by molar-refractivity contribution is 7.89. The normalized spacial score (nSPS) is 11.5. The second-order valence-electron chi connectivity index (χ2n) is 6.99. The zero-order valence-corrected chi connectivity index (χ0v) is 17.5. The van der Waals surface area contributed by atoms with Gasteiger partial charge in [-0.25, -0.2) is 17.9 Å². The fourth-order valence-electron chi connectivity index (χ4n) is 3.33. The zero-order valence-electron chi connectivity index (χ0n) is 16.7. The van der Waals surface area contributed by atoms with Crippen LogP contribution in [0, 0.1) is 5.82 Å². The molecule has 0 atom stereocenters. The van der Waals surface area contributed by atoms with Crippen LogP contribution in [0.1, 0.15) is 5.56 Å². The first kappa shape index (κ1) is 20.8. The molecule has 0 spiro atoms. The molecule has 8 heteroatoms. The molecule has 1 aromatic heterocycles. The van der Waals surface area contributed by atoms with E-state index in [-0.39, 0.29) is 10.6 Å². The first-order valence-corrected chi connectivity index (χ1v) is 11.0. The van der Waals surface area contributed by atoms with Crippen molar-refractivity contribution in [1.29, 1.82) is 0 Å². The summed E-state index contributed by atoms with van der Waals surface area (Å²) in [7, 11) is -2.39. The van der Waals surface area contributed by atoms with Crippen LogP contribution in [0.3, 0.4) is 0 Å². The van der Waals surface area contributed by atoms with Crippen LogP contribution in [0.25, 0.3) is 22.4 Å². The monoisotopic (exact) mass is 437 g/mol. The minimum atomic E-state index is -3.80. The third-order valence-corrected chi connectivity index (χ3v) is 5.80. The van der Waals surface area contributed by atoms with Crippen LogP contribution < -0.4 is 9.88 Å². The molecule has 0 saturated heterocycles. The van der Waals surface area contributed by atoms with Crippen LogP contribution >= 0.6 is 0 Å². The molecule has 4 aromatic rings. The molecular weight excluding hydrogens is 417 g/mol. The maximum atomic E-state index is 14.4. The Labute approximate surface area is 179 Å². The molecule has 6 nitrogen and oxygen atoms in total. The van der Waals surface area contributed by atoms with Gasteiger partial charge < -0.3 is 4.74 Å². The number of primary sulfonamides is 1. The maximum absolute atomic E-state index is 14.4. The lowest BCUT2D eigenvalue weighted by Gasteiger charge is -2.06. The number of benzene rings is 3. The molecule has 0 saturated carbocycles. The lowest BCUT2D eigenvalue weighted by atomic mass is 10.0. The van der Waals surface area contributed by atoms with E-state index in [1.165, 1.54) is 25.3 Å². The fraction of sp³-hybridized carbons (Fsp3) is 0.0870. The van der Waals surface area contributed by atoms with Gasteiger partial charge in [-0.05, 0) is 35.4 Å². The van der Waals surface area contributed by atoms with Crippen LogP contribution in [0.4, 0.5) is 4.39 Å². The van der Waals surface area contributed by atoms with E-state index in [2.05, 4.69) is 0 Å². The Morgan fingerprint density at radius 1 is 1.00 bits per heavy atom. The van der Waals surface area contributed by atoms with Crippen molar-refractivity contribution in [3.05, 3.63) is 90.4 Å². The van der Waals surface area contributed by atoms with Gasteiger partial charge in [0.2, 0.25) is 10.0 Å². The third kappa shape index (κ3) is 4.50. The number of aromatic nitrogens is 2. The van der Waals surface area contributed by atoms with Crippen molar-refractivity contribution in [2.24, 2.45) is 5.14 Å². The van der Waals surface area contributed by atoms with Gasteiger partial charge in [-0.2, -0.15) is 5.10 Å². The van der Waals surface area contributed by atoms with E-state index in [1.807, 2.05) is 36.5 Å². The van der Waals surface area contributed by atoms with E-state index >= 15 is 0 Å². The molecule has 0 aliphatic heterocycles. The fourth-order valence-corrected chi connectivity index (χ4v) is 3.85. The average Bonchev–Trinajstić information content (AvgIpc) is 3.17. The number of ether oxygens (including phenoxy) is 1. The first-order valence-electron chi connectivity index (χ1n) is 9.43. The van der Waals surface area contributed by atoms with E-state index in [0.29, 0.717) is 28.9 Å². The topological polar surface area (TPSA) is 87.2 Å². The van der Waals surface area contributed by atoms with E-state index in [9.17, 15) is 12.8 Å². The molecular formula is C23H20FN3O3S. The predicted octanol–water partition coefficient (Wildman–Crippen LogP) is 4.06. The lowest BCUT2D eigenvalue weighted by Crippen LogP contribution is -2.11. The molecule has 1 heterocycles. The smallest absolute Gasteiger partial charge is 0.238 e. The van der Waals surface area contributed by atoms with Gasteiger partial charge in [-0.1, -0.05) is 48.5 Å². The second-order valence-corrected chi connectivity index (χ2v) is 8.55. The molecule has 31 heavy (non-hydrogen) atoms. The Hall–Kier alpha value is -3.49. The second kappa shape index (κ2) is 8.33. The van der Waals surface area contributed by atoms with Crippen LogP contribution in [0.15, 0.2) is 83.9 Å². The molecule has 158 valence electrons. The summed E-state index contributed by atoms with van der Waals surface area (Å²) in [6.45, 7) is 0.530. The van der Waals surface area contributed by atoms with E-state index in [0.717, 1.165) is 5.56 Å². The summed E-state index contributed by atoms with van der Waals surface area (Å²) in [4.78, 5) is 0.0111. The minimum Gasteiger partial charge on any atom is -0.494 e. The molecule has 0 fully saturated rings. The van der Waals surface area contributed by atoms with E-state index in [4.69, 9.17) is 15.0 Å². The average molecular weight is 437 g/mol. The summed E-state index contributed by atoms with van der Waals surface area (Å²) in [5, 5.41) is 9.90. The number of nitrogens with zero attached hydrogens (tertiary/aromatic N) is 2. The van der Waals surface area contributed by atoms with Gasteiger partial charge >= 0.3 is 0 Å². The molecule has 0 bridgehead atoms. The predicted molar refractivity (Wildman–Crippen MR) is 117 cm³/mol. The number of hydrogen-bond acceptors (Lipinski definition) is 4. The molecule has 3 aromatic carbocycles. The van der Waals surface area contributed by atoms with Gasteiger partial charge in [0.15, 0.2) is 11.6 Å². The molecule has 0 aliphatic carbocycles. The van der Waals surface area contributed by atoms with Gasteiger partial charge in [0, 0.05) is 17.3 Å². The summed E-state index contributed by atoms with van der Waals surface area (Å²) in [5.41, 5.74) is 3.68. The number of nitrogens with two attached hydrogens (primary N) is 1. The van der Waals surface area contributed by atoms with Crippen molar-refractivity contribution in [2.75, 3.05) is 7.11 Å². The highest BCUT2D eigenvalue weighted by Crippen LogP contribution is 2.33. The number of hydrogen-bond donors (Lipinski definition) is 1. The number of rotatable bonds is 6. The Kier molecular flexibility index (Phi) is 5.58. The number of halogens is 1. The Morgan fingerprint density at radius 2 is 1.68 bits per heavy atom. The standard InChI is InChI=1S/C23H20FN3O3S/c1-30-22-12-9-18(13-21(22)24)20-15-27(14-16-5-3-2-4-6-16)26-23(20)17-7-10-19(11-8-17)31(25,28)29/h2-13,15H,14H2,1H3,(H2,25,28,29). The number of methoxy groups -OCH3 is 1. The van der Waals surface area contributed by atoms with Crippen LogP contribution in [-0.2, 0) is 16.6 Å². The van der Waals surface area contributed by atoms with Crippen LogP contribution in [0.2, 0.25) is 0 Å². The first-order chi connectivity index (χ1) is 14.8. The Morgan fingerprint density at radius 3 is 2.29 bits per heavy atom. The zero-order chi connectivity index (χ0) is 22.0. The SMILES string of the molecule is COc1ccc(-c2cn(Cc3ccccc3)nc2-c2ccc(S(N)(=O)=O)cc2)cc1F. The summed E-state index contributed by atoms with van der Waals surface area (Å²) in [6.07, 6.45) is 1.84. The van der Waals surface area contributed by atoms with Gasteiger partial charge in [0.1, 0.15) is 5.69 Å². The summed E-state index contributed by atoms with van der Waals surface area (Å²) < 4.78 is 44.3. The van der Waals surface area contributed by atoms with Crippen molar-refractivity contribution in [1.82, 2.24) is 9.78 Å². The molecule has 0 amide bonds. The Bertz CT molecular complexity index is 1320. The van der Waals surface area contributed by atoms with Crippen molar-refractivity contribution in [2.45, 2.75) is 11.4 Å². The third-order valence-electron chi connectivity index (χ3n) is 4.87. The van der Waals surface area contributed by atoms with Gasteiger partial charge in [0.05, 0.1) is 18.6 Å². The molecule has 0 radical (unpaired) electrons. The quantitative estimate of drug-likeness (QED) is 0.493. The number of sulfonamides is 1. The molecule has 4 rings (SSSR count). The highest BCUT2D eigenvalue weighted by Gasteiger charge is 2.16. The van der Waals surface area contributed by atoms with E-state index < -0.39 is 15.8 Å². The largest absolute Gasteiger partial charge is 0.494 e. The van der Waals surface area contributed by atoms with E-state index in [1.54, 1.807) is 28.9 Å². The molecule has 2 N–H and O–H groups in total. The maximum Gasteiger partial charge on any atom is 0.238 e. The van der Waals surface area contributed by atoms with Gasteiger partial charge in [-0.15, -0.1) is 0 Å². The summed E-state index contributed by atoms with van der Waals surface area (Å²) in [6, 6.07) is 20.7. The molecule has 0 unspecified atom stereocenters. The minimum absolute atomic E-state index is 0.0111. The van der Waals surface area contributed by atoms with Crippen LogP contribution in [0.5, 0.6) is 5.75 Å². The van der Waals surface area contributed by atoms with Crippen molar-refractivity contribution < 1.29 is 17.5 Å². The van der Waals surface area contributed by atoms with Gasteiger partial charge in [-0.3, -0.25) is 4.68 Å². The van der Waals surface area contributed by atoms with Crippen molar-refractivity contribution >= 4 is 10.0 Å². The van der Waals surface area contributed by atoms with Crippen molar-refractivity contribution in [3.8, 4) is 28.1 Å². The molecule has 0 aliphatic rings. The lowest BCUT2D eigenvalue weighted by molar-refractivity contribution is 0.386. The highest BCUT2D eigenvalue weighted by atomic mass is 32.2. The van der Waals surface area contributed by atoms with Crippen LogP contribution in [-0.4, -0.2) is 25.3 Å². The summed E-state index contributed by atoms with van der Waals surface area (Å²) >= 11 is 0. The summed E-state index contributed by atoms with van der Waals surface area (Å²) in [5.74, 6) is -0.328. The van der Waals surface area contributed by atoms with Gasteiger partial charge in [0.25, 0.3) is 0 Å².